The van der Waals surface area contributed by atoms with E-state index in [4.69, 9.17) is 14.2 Å². The Balaban J connectivity index is 1.12. The van der Waals surface area contributed by atoms with Crippen molar-refractivity contribution in [1.82, 2.24) is 9.80 Å². The second kappa shape index (κ2) is 12.9. The van der Waals surface area contributed by atoms with Crippen molar-refractivity contribution >= 4 is 11.6 Å². The van der Waals surface area contributed by atoms with Gasteiger partial charge in [0.25, 0.3) is 0 Å². The number of ether oxygens (including phenoxy) is 3. The predicted octanol–water partition coefficient (Wildman–Crippen LogP) is 4.35. The number of carbonyl (C=O) groups excluding carboxylic acids is 1. The fourth-order valence-corrected chi connectivity index (χ4v) is 4.91. The zero-order chi connectivity index (χ0) is 26.2. The first-order chi connectivity index (χ1) is 17.9. The standard InChI is InChI=1S/C28H37N3O6/c1-21-3-5-22(6-4-21)20-36-23-9-14-29(15-10-23)16-13-28(32)30-17-11-24(12-18-30)37-25-7-8-26(31(33)34)27(19-25)35-2/h3-8,19,23-24H,9-18,20H2,1-2H3. The van der Waals surface area contributed by atoms with Gasteiger partial charge in [0.2, 0.25) is 11.7 Å². The molecule has 2 aromatic carbocycles. The molecule has 1 amide bonds. The molecule has 0 radical (unpaired) electrons. The minimum Gasteiger partial charge on any atom is -0.490 e. The van der Waals surface area contributed by atoms with Crippen molar-refractivity contribution in [2.75, 3.05) is 39.8 Å². The maximum absolute atomic E-state index is 12.8. The third-order valence-electron chi connectivity index (χ3n) is 7.23. The Hall–Kier alpha value is -3.17. The number of hydrogen-bond donors (Lipinski definition) is 0. The number of nitro groups is 1. The van der Waals surface area contributed by atoms with Crippen LogP contribution in [0.25, 0.3) is 0 Å². The fourth-order valence-electron chi connectivity index (χ4n) is 4.91. The summed E-state index contributed by atoms with van der Waals surface area (Å²) >= 11 is 0. The van der Waals surface area contributed by atoms with E-state index in [1.54, 1.807) is 12.1 Å². The molecule has 0 aromatic heterocycles. The van der Waals surface area contributed by atoms with E-state index < -0.39 is 4.92 Å². The SMILES string of the molecule is COc1cc(OC2CCN(C(=O)CCN3CCC(OCc4ccc(C)cc4)CC3)CC2)ccc1[N+](=O)[O-]. The van der Waals surface area contributed by atoms with Crippen LogP contribution in [-0.2, 0) is 16.1 Å². The van der Waals surface area contributed by atoms with Gasteiger partial charge in [0.15, 0.2) is 0 Å². The maximum atomic E-state index is 12.8. The van der Waals surface area contributed by atoms with Crippen LogP contribution in [0.4, 0.5) is 5.69 Å². The molecule has 2 heterocycles. The third kappa shape index (κ3) is 7.66. The molecule has 0 atom stereocenters. The summed E-state index contributed by atoms with van der Waals surface area (Å²) in [7, 11) is 1.40. The van der Waals surface area contributed by atoms with Gasteiger partial charge in [-0.15, -0.1) is 0 Å². The van der Waals surface area contributed by atoms with Crippen LogP contribution >= 0.6 is 0 Å². The molecule has 2 fully saturated rings. The molecule has 2 aliphatic heterocycles. The number of nitro benzene ring substituents is 1. The average Bonchev–Trinajstić information content (AvgIpc) is 2.92. The first-order valence-electron chi connectivity index (χ1n) is 13.1. The molecule has 2 aliphatic rings. The van der Waals surface area contributed by atoms with E-state index in [0.29, 0.717) is 31.9 Å². The Labute approximate surface area is 218 Å². The summed E-state index contributed by atoms with van der Waals surface area (Å²) in [6.07, 6.45) is 4.23. The first-order valence-corrected chi connectivity index (χ1v) is 13.1. The molecule has 9 heteroatoms. The van der Waals surface area contributed by atoms with E-state index in [1.807, 2.05) is 4.90 Å². The molecule has 0 spiro atoms. The largest absolute Gasteiger partial charge is 0.490 e. The highest BCUT2D eigenvalue weighted by Gasteiger charge is 2.26. The van der Waals surface area contributed by atoms with Gasteiger partial charge in [-0.3, -0.25) is 14.9 Å². The maximum Gasteiger partial charge on any atom is 0.311 e. The lowest BCUT2D eigenvalue weighted by Gasteiger charge is -2.34. The number of aryl methyl sites for hydroxylation is 1. The van der Waals surface area contributed by atoms with Crippen molar-refractivity contribution in [3.63, 3.8) is 0 Å². The van der Waals surface area contributed by atoms with Gasteiger partial charge in [-0.25, -0.2) is 0 Å². The lowest BCUT2D eigenvalue weighted by Crippen LogP contribution is -2.44. The van der Waals surface area contributed by atoms with Gasteiger partial charge in [-0.2, -0.15) is 0 Å². The second-order valence-corrected chi connectivity index (χ2v) is 9.88. The van der Waals surface area contributed by atoms with Gasteiger partial charge in [-0.1, -0.05) is 29.8 Å². The van der Waals surface area contributed by atoms with E-state index in [9.17, 15) is 14.9 Å². The molecule has 0 unspecified atom stereocenters. The van der Waals surface area contributed by atoms with E-state index in [-0.39, 0.29) is 29.6 Å². The number of piperidine rings is 2. The Kier molecular flexibility index (Phi) is 9.35. The number of benzene rings is 2. The van der Waals surface area contributed by atoms with Gasteiger partial charge in [0, 0.05) is 64.1 Å². The number of carbonyl (C=O) groups is 1. The smallest absolute Gasteiger partial charge is 0.311 e. The van der Waals surface area contributed by atoms with Crippen LogP contribution in [0.3, 0.4) is 0 Å². The second-order valence-electron chi connectivity index (χ2n) is 9.88. The quantitative estimate of drug-likeness (QED) is 0.346. The van der Waals surface area contributed by atoms with Gasteiger partial charge in [-0.05, 0) is 31.4 Å². The van der Waals surface area contributed by atoms with Crippen molar-refractivity contribution in [3.8, 4) is 11.5 Å². The zero-order valence-corrected chi connectivity index (χ0v) is 21.8. The molecule has 2 saturated heterocycles. The first kappa shape index (κ1) is 26.9. The summed E-state index contributed by atoms with van der Waals surface area (Å²) in [6, 6.07) is 13.0. The molecule has 0 N–H and O–H groups in total. The van der Waals surface area contributed by atoms with Crippen LogP contribution in [0.2, 0.25) is 0 Å². The molecule has 9 nitrogen and oxygen atoms in total. The Morgan fingerprint density at radius 2 is 1.68 bits per heavy atom. The molecule has 200 valence electrons. The van der Waals surface area contributed by atoms with E-state index in [0.717, 1.165) is 45.3 Å². The summed E-state index contributed by atoms with van der Waals surface area (Å²) in [5.74, 6) is 0.906. The van der Waals surface area contributed by atoms with Gasteiger partial charge < -0.3 is 24.0 Å². The molecular formula is C28H37N3O6. The van der Waals surface area contributed by atoms with Crippen molar-refractivity contribution < 1.29 is 23.9 Å². The molecular weight excluding hydrogens is 474 g/mol. The fraction of sp³-hybridized carbons (Fsp3) is 0.536. The average molecular weight is 512 g/mol. The summed E-state index contributed by atoms with van der Waals surface area (Å²) in [4.78, 5) is 27.7. The van der Waals surface area contributed by atoms with E-state index in [1.165, 1.54) is 24.3 Å². The van der Waals surface area contributed by atoms with Gasteiger partial charge in [0.05, 0.1) is 24.7 Å². The summed E-state index contributed by atoms with van der Waals surface area (Å²) in [5.41, 5.74) is 2.38. The van der Waals surface area contributed by atoms with E-state index in [2.05, 4.69) is 36.1 Å². The van der Waals surface area contributed by atoms with Crippen LogP contribution in [0.15, 0.2) is 42.5 Å². The zero-order valence-electron chi connectivity index (χ0n) is 21.8. The third-order valence-corrected chi connectivity index (χ3v) is 7.23. The van der Waals surface area contributed by atoms with Crippen LogP contribution in [0.5, 0.6) is 11.5 Å². The van der Waals surface area contributed by atoms with Gasteiger partial charge >= 0.3 is 5.69 Å². The van der Waals surface area contributed by atoms with Crippen LogP contribution < -0.4 is 9.47 Å². The predicted molar refractivity (Wildman–Crippen MR) is 140 cm³/mol. The highest BCUT2D eigenvalue weighted by molar-refractivity contribution is 5.76. The highest BCUT2D eigenvalue weighted by Crippen LogP contribution is 2.32. The Morgan fingerprint density at radius 1 is 1.00 bits per heavy atom. The lowest BCUT2D eigenvalue weighted by atomic mass is 10.1. The van der Waals surface area contributed by atoms with Crippen molar-refractivity contribution in [3.05, 3.63) is 63.7 Å². The number of hydrogen-bond acceptors (Lipinski definition) is 7. The normalized spacial score (nSPS) is 17.5. The number of rotatable bonds is 10. The minimum absolute atomic E-state index is 0.0332. The highest BCUT2D eigenvalue weighted by atomic mass is 16.6. The molecule has 4 rings (SSSR count). The van der Waals surface area contributed by atoms with Crippen molar-refractivity contribution in [2.24, 2.45) is 0 Å². The molecule has 0 aliphatic carbocycles. The van der Waals surface area contributed by atoms with Crippen molar-refractivity contribution in [2.45, 2.75) is 57.8 Å². The number of amides is 1. The van der Waals surface area contributed by atoms with E-state index >= 15 is 0 Å². The molecule has 37 heavy (non-hydrogen) atoms. The molecule has 2 aromatic rings. The molecule has 0 saturated carbocycles. The lowest BCUT2D eigenvalue weighted by molar-refractivity contribution is -0.385. The Bertz CT molecular complexity index is 1040. The van der Waals surface area contributed by atoms with Crippen LogP contribution in [0.1, 0.15) is 43.2 Å². The molecule has 0 bridgehead atoms. The van der Waals surface area contributed by atoms with Gasteiger partial charge in [0.1, 0.15) is 11.9 Å². The number of likely N-dealkylation sites (tertiary alicyclic amines) is 2. The minimum atomic E-state index is -0.477. The van der Waals surface area contributed by atoms with Crippen molar-refractivity contribution in [1.29, 1.82) is 0 Å². The Morgan fingerprint density at radius 3 is 2.32 bits per heavy atom. The number of nitrogens with zero attached hydrogens (tertiary/aromatic N) is 3. The summed E-state index contributed by atoms with van der Waals surface area (Å²) in [5, 5.41) is 11.1. The monoisotopic (exact) mass is 511 g/mol. The number of methoxy groups -OCH3 is 1. The van der Waals surface area contributed by atoms with Crippen LogP contribution in [-0.4, -0.2) is 72.7 Å². The topological polar surface area (TPSA) is 94.4 Å². The summed E-state index contributed by atoms with van der Waals surface area (Å²) < 4.78 is 17.2. The summed E-state index contributed by atoms with van der Waals surface area (Å²) in [6.45, 7) is 6.75. The van der Waals surface area contributed by atoms with Crippen LogP contribution in [0, 0.1) is 17.0 Å².